The fraction of sp³-hybridized carbons (Fsp3) is 0.318. The number of benzene rings is 1. The highest BCUT2D eigenvalue weighted by atomic mass is 16.5. The zero-order valence-corrected chi connectivity index (χ0v) is 16.5. The summed E-state index contributed by atoms with van der Waals surface area (Å²) in [4.78, 5) is 30.9. The van der Waals surface area contributed by atoms with Crippen LogP contribution in [0.15, 0.2) is 54.4 Å². The van der Waals surface area contributed by atoms with Crippen LogP contribution in [0, 0.1) is 0 Å². The minimum absolute atomic E-state index is 0.0462. The van der Waals surface area contributed by atoms with Crippen LogP contribution in [-0.2, 0) is 14.3 Å². The van der Waals surface area contributed by atoms with E-state index < -0.39 is 17.7 Å². The number of carbonyl (C=O) groups excluding carboxylic acids is 2. The van der Waals surface area contributed by atoms with E-state index >= 15 is 0 Å². The highest BCUT2D eigenvalue weighted by Gasteiger charge is 2.45. The van der Waals surface area contributed by atoms with Crippen molar-refractivity contribution in [2.75, 3.05) is 26.9 Å². The van der Waals surface area contributed by atoms with E-state index in [1.807, 2.05) is 25.1 Å². The van der Waals surface area contributed by atoms with E-state index in [0.717, 1.165) is 6.42 Å². The summed E-state index contributed by atoms with van der Waals surface area (Å²) >= 11 is 0. The molecule has 29 heavy (non-hydrogen) atoms. The number of ketones is 1. The monoisotopic (exact) mass is 396 g/mol. The van der Waals surface area contributed by atoms with Crippen LogP contribution in [0.5, 0.6) is 5.75 Å². The number of aromatic nitrogens is 1. The van der Waals surface area contributed by atoms with Crippen LogP contribution < -0.4 is 4.74 Å². The number of Topliss-reactive ketones (excluding diaryl/α,β-unsaturated/α-hetero) is 1. The molecule has 1 saturated heterocycles. The molecule has 1 aliphatic heterocycles. The predicted octanol–water partition coefficient (Wildman–Crippen LogP) is 2.94. The molecule has 1 amide bonds. The molecular formula is C22H24N2O5. The van der Waals surface area contributed by atoms with Gasteiger partial charge in [0.2, 0.25) is 0 Å². The van der Waals surface area contributed by atoms with Crippen LogP contribution in [0.4, 0.5) is 0 Å². The summed E-state index contributed by atoms with van der Waals surface area (Å²) in [6, 6.07) is 9.70. The number of nitrogens with zero attached hydrogens (tertiary/aromatic N) is 2. The van der Waals surface area contributed by atoms with Crippen molar-refractivity contribution in [1.82, 2.24) is 9.88 Å². The molecule has 1 N–H and O–H groups in total. The number of ether oxygens (including phenoxy) is 2. The van der Waals surface area contributed by atoms with Crippen molar-refractivity contribution < 1.29 is 24.2 Å². The topological polar surface area (TPSA) is 89.0 Å². The maximum absolute atomic E-state index is 12.8. The Bertz CT molecular complexity index is 910. The van der Waals surface area contributed by atoms with Gasteiger partial charge in [-0.3, -0.25) is 14.6 Å². The number of pyridine rings is 1. The van der Waals surface area contributed by atoms with E-state index in [1.165, 1.54) is 24.4 Å². The largest absolute Gasteiger partial charge is 0.507 e. The van der Waals surface area contributed by atoms with Crippen LogP contribution in [0.3, 0.4) is 0 Å². The lowest BCUT2D eigenvalue weighted by atomic mass is 9.95. The van der Waals surface area contributed by atoms with Crippen molar-refractivity contribution in [3.8, 4) is 5.75 Å². The molecule has 0 aliphatic carbocycles. The van der Waals surface area contributed by atoms with Crippen molar-refractivity contribution in [3.05, 3.63) is 65.5 Å². The second-order valence-electron chi connectivity index (χ2n) is 6.64. The molecule has 3 rings (SSSR count). The SMILES string of the molecule is CCCOc1cccc(C2/C(=C(\O)c3ccncc3)C(=O)C(=O)N2CCOC)c1. The maximum Gasteiger partial charge on any atom is 0.295 e. The normalized spacial score (nSPS) is 18.3. The van der Waals surface area contributed by atoms with Crippen LogP contribution in [0.25, 0.3) is 5.76 Å². The van der Waals surface area contributed by atoms with Crippen molar-refractivity contribution in [2.45, 2.75) is 19.4 Å². The summed E-state index contributed by atoms with van der Waals surface area (Å²) in [5, 5.41) is 10.9. The summed E-state index contributed by atoms with van der Waals surface area (Å²) in [5.74, 6) is -0.969. The van der Waals surface area contributed by atoms with Crippen molar-refractivity contribution in [2.24, 2.45) is 0 Å². The Hall–Kier alpha value is -3.19. The number of rotatable bonds is 8. The molecule has 7 nitrogen and oxygen atoms in total. The number of likely N-dealkylation sites (tertiary alicyclic amines) is 1. The lowest BCUT2D eigenvalue weighted by Gasteiger charge is -2.25. The lowest BCUT2D eigenvalue weighted by Crippen LogP contribution is -2.32. The van der Waals surface area contributed by atoms with Gasteiger partial charge >= 0.3 is 0 Å². The van der Waals surface area contributed by atoms with Crippen molar-refractivity contribution in [1.29, 1.82) is 0 Å². The summed E-state index contributed by atoms with van der Waals surface area (Å²) in [7, 11) is 1.53. The lowest BCUT2D eigenvalue weighted by molar-refractivity contribution is -0.140. The fourth-order valence-electron chi connectivity index (χ4n) is 3.31. The van der Waals surface area contributed by atoms with Crippen LogP contribution in [0.1, 0.15) is 30.5 Å². The van der Waals surface area contributed by atoms with Gasteiger partial charge in [0.1, 0.15) is 11.5 Å². The van der Waals surface area contributed by atoms with E-state index in [9.17, 15) is 14.7 Å². The van der Waals surface area contributed by atoms with Crippen LogP contribution in [0.2, 0.25) is 0 Å². The van der Waals surface area contributed by atoms with Crippen LogP contribution >= 0.6 is 0 Å². The van der Waals surface area contributed by atoms with E-state index in [0.29, 0.717) is 23.5 Å². The second-order valence-corrected chi connectivity index (χ2v) is 6.64. The molecule has 0 bridgehead atoms. The molecule has 7 heteroatoms. The zero-order chi connectivity index (χ0) is 20.8. The molecular weight excluding hydrogens is 372 g/mol. The third-order valence-electron chi connectivity index (χ3n) is 4.68. The molecule has 0 radical (unpaired) electrons. The number of aliphatic hydroxyl groups excluding tert-OH is 1. The Labute approximate surface area is 169 Å². The van der Waals surface area contributed by atoms with Gasteiger partial charge in [-0.1, -0.05) is 19.1 Å². The third-order valence-corrected chi connectivity index (χ3v) is 4.68. The average Bonchev–Trinajstić information content (AvgIpc) is 3.01. The van der Waals surface area contributed by atoms with Crippen molar-refractivity contribution >= 4 is 17.4 Å². The molecule has 0 spiro atoms. The Balaban J connectivity index is 2.11. The first-order chi connectivity index (χ1) is 14.1. The zero-order valence-electron chi connectivity index (χ0n) is 16.5. The molecule has 0 saturated carbocycles. The summed E-state index contributed by atoms with van der Waals surface area (Å²) in [6.45, 7) is 3.06. The highest BCUT2D eigenvalue weighted by Crippen LogP contribution is 2.40. The van der Waals surface area contributed by atoms with Gasteiger partial charge in [-0.15, -0.1) is 0 Å². The molecule has 1 aromatic carbocycles. The van der Waals surface area contributed by atoms with Gasteiger partial charge in [0.05, 0.1) is 24.8 Å². The van der Waals surface area contributed by atoms with E-state index in [1.54, 1.807) is 18.2 Å². The van der Waals surface area contributed by atoms with Gasteiger partial charge < -0.3 is 19.5 Å². The van der Waals surface area contributed by atoms with Gasteiger partial charge in [0.25, 0.3) is 11.7 Å². The van der Waals surface area contributed by atoms with E-state index in [4.69, 9.17) is 9.47 Å². The Kier molecular flexibility index (Phi) is 6.61. The molecule has 1 unspecified atom stereocenters. The standard InChI is InChI=1S/C22H24N2O5/c1-3-12-29-17-6-4-5-16(14-17)19-18(20(25)15-7-9-23-10-8-15)21(26)22(27)24(19)11-13-28-2/h4-10,14,19,25H,3,11-13H2,1-2H3/b20-18+. The number of methoxy groups -OCH3 is 1. The average molecular weight is 396 g/mol. The molecule has 152 valence electrons. The van der Waals surface area contributed by atoms with Gasteiger partial charge in [-0.05, 0) is 36.2 Å². The summed E-state index contributed by atoms with van der Waals surface area (Å²) in [6.07, 6.45) is 3.90. The van der Waals surface area contributed by atoms with E-state index in [2.05, 4.69) is 4.98 Å². The molecule has 2 aromatic rings. The Morgan fingerprint density at radius 2 is 1.93 bits per heavy atom. The quantitative estimate of drug-likeness (QED) is 0.419. The second kappa shape index (κ2) is 9.34. The Morgan fingerprint density at radius 3 is 2.62 bits per heavy atom. The summed E-state index contributed by atoms with van der Waals surface area (Å²) < 4.78 is 10.8. The predicted molar refractivity (Wildman–Crippen MR) is 107 cm³/mol. The molecule has 2 heterocycles. The summed E-state index contributed by atoms with van der Waals surface area (Å²) in [5.41, 5.74) is 1.16. The van der Waals surface area contributed by atoms with Crippen molar-refractivity contribution in [3.63, 3.8) is 0 Å². The molecule has 1 fully saturated rings. The van der Waals surface area contributed by atoms with Gasteiger partial charge in [0.15, 0.2) is 0 Å². The number of amides is 1. The molecule has 1 atom stereocenters. The first-order valence-corrected chi connectivity index (χ1v) is 9.49. The fourth-order valence-corrected chi connectivity index (χ4v) is 3.31. The molecule has 1 aromatic heterocycles. The number of hydrogen-bond acceptors (Lipinski definition) is 6. The molecule has 1 aliphatic rings. The van der Waals surface area contributed by atoms with Gasteiger partial charge in [-0.2, -0.15) is 0 Å². The van der Waals surface area contributed by atoms with E-state index in [-0.39, 0.29) is 24.5 Å². The Morgan fingerprint density at radius 1 is 1.17 bits per heavy atom. The number of aliphatic hydroxyl groups is 1. The maximum atomic E-state index is 12.8. The minimum atomic E-state index is -0.733. The first-order valence-electron chi connectivity index (χ1n) is 9.49. The first kappa shape index (κ1) is 20.5. The highest BCUT2D eigenvalue weighted by molar-refractivity contribution is 6.46. The third kappa shape index (κ3) is 4.30. The number of hydrogen-bond donors (Lipinski definition) is 1. The minimum Gasteiger partial charge on any atom is -0.507 e. The van der Waals surface area contributed by atoms with Gasteiger partial charge in [0, 0.05) is 31.6 Å². The smallest absolute Gasteiger partial charge is 0.295 e. The number of carbonyl (C=O) groups is 2. The van der Waals surface area contributed by atoms with Gasteiger partial charge in [-0.25, -0.2) is 0 Å². The van der Waals surface area contributed by atoms with Crippen LogP contribution in [-0.4, -0.2) is 53.5 Å².